The SMILES string of the molecule is Cc1cccc(C2C(=O)NCCN2S(=O)(=O)c2ccc(Br)s2)c1. The third kappa shape index (κ3) is 3.21. The quantitative estimate of drug-likeness (QED) is 0.839. The Morgan fingerprint density at radius 1 is 1.30 bits per heavy atom. The minimum absolute atomic E-state index is 0.233. The normalized spacial score (nSPS) is 19.6. The van der Waals surface area contributed by atoms with E-state index in [1.807, 2.05) is 25.1 Å². The third-order valence-corrected chi connectivity index (χ3v) is 7.59. The number of hydrogen-bond donors (Lipinski definition) is 1. The van der Waals surface area contributed by atoms with E-state index in [-0.39, 0.29) is 16.7 Å². The molecule has 2 aromatic rings. The fourth-order valence-electron chi connectivity index (χ4n) is 2.61. The standard InChI is InChI=1S/C15H15BrN2O3S2/c1-10-3-2-4-11(9-10)14-15(19)17-7-8-18(14)23(20,21)13-6-5-12(16)22-13/h2-6,9,14H,7-8H2,1H3,(H,17,19). The topological polar surface area (TPSA) is 66.5 Å². The van der Waals surface area contributed by atoms with Crippen LogP contribution in [0.4, 0.5) is 0 Å². The van der Waals surface area contributed by atoms with Crippen molar-refractivity contribution in [1.82, 2.24) is 9.62 Å². The zero-order valence-electron chi connectivity index (χ0n) is 12.3. The molecule has 1 fully saturated rings. The van der Waals surface area contributed by atoms with E-state index >= 15 is 0 Å². The summed E-state index contributed by atoms with van der Waals surface area (Å²) in [7, 11) is -3.72. The van der Waals surface area contributed by atoms with Crippen LogP contribution in [0.2, 0.25) is 0 Å². The van der Waals surface area contributed by atoms with Crippen LogP contribution >= 0.6 is 27.3 Å². The molecular weight excluding hydrogens is 400 g/mol. The molecule has 0 saturated carbocycles. The molecule has 1 amide bonds. The molecule has 122 valence electrons. The molecule has 1 saturated heterocycles. The summed E-state index contributed by atoms with van der Waals surface area (Å²) >= 11 is 4.43. The summed E-state index contributed by atoms with van der Waals surface area (Å²) in [6, 6.07) is 9.80. The number of rotatable bonds is 3. The van der Waals surface area contributed by atoms with Crippen LogP contribution in [0.5, 0.6) is 0 Å². The van der Waals surface area contributed by atoms with Crippen molar-refractivity contribution in [2.24, 2.45) is 0 Å². The molecule has 3 rings (SSSR count). The number of sulfonamides is 1. The van der Waals surface area contributed by atoms with Gasteiger partial charge in [0.15, 0.2) is 0 Å². The molecule has 8 heteroatoms. The fourth-order valence-corrected chi connectivity index (χ4v) is 6.33. The van der Waals surface area contributed by atoms with Crippen molar-refractivity contribution in [2.75, 3.05) is 13.1 Å². The Labute approximate surface area is 147 Å². The number of thiophene rings is 1. The van der Waals surface area contributed by atoms with Crippen LogP contribution in [-0.4, -0.2) is 31.7 Å². The van der Waals surface area contributed by atoms with Crippen molar-refractivity contribution >= 4 is 43.2 Å². The van der Waals surface area contributed by atoms with Gasteiger partial charge in [-0.2, -0.15) is 4.31 Å². The molecule has 1 aliphatic heterocycles. The summed E-state index contributed by atoms with van der Waals surface area (Å²) in [5.74, 6) is -0.291. The Morgan fingerprint density at radius 2 is 2.09 bits per heavy atom. The number of amides is 1. The summed E-state index contributed by atoms with van der Waals surface area (Å²) in [5, 5.41) is 2.76. The van der Waals surface area contributed by atoms with E-state index in [1.165, 1.54) is 4.31 Å². The van der Waals surface area contributed by atoms with Crippen LogP contribution in [0.3, 0.4) is 0 Å². The van der Waals surface area contributed by atoms with Crippen LogP contribution in [0, 0.1) is 6.92 Å². The first-order valence-corrected chi connectivity index (χ1v) is 10.1. The average molecular weight is 415 g/mol. The van der Waals surface area contributed by atoms with E-state index in [2.05, 4.69) is 21.2 Å². The molecule has 0 spiro atoms. The van der Waals surface area contributed by atoms with Gasteiger partial charge in [0, 0.05) is 13.1 Å². The van der Waals surface area contributed by atoms with Gasteiger partial charge in [-0.3, -0.25) is 4.79 Å². The summed E-state index contributed by atoms with van der Waals surface area (Å²) in [5.41, 5.74) is 1.67. The van der Waals surface area contributed by atoms with E-state index < -0.39 is 16.1 Å². The van der Waals surface area contributed by atoms with Crippen LogP contribution in [0.15, 0.2) is 44.4 Å². The maximum atomic E-state index is 13.0. The van der Waals surface area contributed by atoms with Crippen molar-refractivity contribution in [3.8, 4) is 0 Å². The van der Waals surface area contributed by atoms with E-state index in [0.717, 1.165) is 20.7 Å². The highest BCUT2D eigenvalue weighted by molar-refractivity contribution is 9.11. The van der Waals surface area contributed by atoms with Gasteiger partial charge in [-0.1, -0.05) is 29.8 Å². The summed E-state index contributed by atoms with van der Waals surface area (Å²) < 4.78 is 28.2. The lowest BCUT2D eigenvalue weighted by molar-refractivity contribution is -0.126. The molecule has 1 aliphatic rings. The van der Waals surface area contributed by atoms with E-state index in [0.29, 0.717) is 12.1 Å². The predicted molar refractivity (Wildman–Crippen MR) is 92.8 cm³/mol. The van der Waals surface area contributed by atoms with Gasteiger partial charge in [-0.15, -0.1) is 11.3 Å². The lowest BCUT2D eigenvalue weighted by Crippen LogP contribution is -2.51. The molecule has 1 aromatic heterocycles. The number of piperazine rings is 1. The van der Waals surface area contributed by atoms with E-state index in [9.17, 15) is 13.2 Å². The number of carbonyl (C=O) groups excluding carboxylic acids is 1. The van der Waals surface area contributed by atoms with Gasteiger partial charge in [0.05, 0.1) is 3.79 Å². The largest absolute Gasteiger partial charge is 0.353 e. The molecule has 1 atom stereocenters. The highest BCUT2D eigenvalue weighted by atomic mass is 79.9. The van der Waals surface area contributed by atoms with Crippen molar-refractivity contribution in [3.63, 3.8) is 0 Å². The Balaban J connectivity index is 2.06. The van der Waals surface area contributed by atoms with Crippen LogP contribution in [0.1, 0.15) is 17.2 Å². The fraction of sp³-hybridized carbons (Fsp3) is 0.267. The van der Waals surface area contributed by atoms with Crippen LogP contribution in [0.25, 0.3) is 0 Å². The summed E-state index contributed by atoms with van der Waals surface area (Å²) in [6.45, 7) is 2.48. The van der Waals surface area contributed by atoms with Gasteiger partial charge in [0.25, 0.3) is 10.0 Å². The predicted octanol–water partition coefficient (Wildman–Crippen LogP) is 2.68. The number of nitrogens with one attached hydrogen (secondary N) is 1. The maximum absolute atomic E-state index is 13.0. The molecule has 1 unspecified atom stereocenters. The second-order valence-electron chi connectivity index (χ2n) is 5.28. The van der Waals surface area contributed by atoms with Gasteiger partial charge in [-0.25, -0.2) is 8.42 Å². The number of benzene rings is 1. The maximum Gasteiger partial charge on any atom is 0.253 e. The molecule has 23 heavy (non-hydrogen) atoms. The van der Waals surface area contributed by atoms with Crippen LogP contribution in [-0.2, 0) is 14.8 Å². The third-order valence-electron chi connectivity index (χ3n) is 3.64. The van der Waals surface area contributed by atoms with Crippen molar-refractivity contribution < 1.29 is 13.2 Å². The highest BCUT2D eigenvalue weighted by Gasteiger charge is 2.40. The number of hydrogen-bond acceptors (Lipinski definition) is 4. The molecule has 1 aromatic carbocycles. The van der Waals surface area contributed by atoms with E-state index in [4.69, 9.17) is 0 Å². The smallest absolute Gasteiger partial charge is 0.253 e. The number of carbonyl (C=O) groups is 1. The van der Waals surface area contributed by atoms with Crippen molar-refractivity contribution in [3.05, 3.63) is 51.3 Å². The number of nitrogens with zero attached hydrogens (tertiary/aromatic N) is 1. The van der Waals surface area contributed by atoms with Gasteiger partial charge >= 0.3 is 0 Å². The molecular formula is C15H15BrN2O3S2. The van der Waals surface area contributed by atoms with Gasteiger partial charge in [0.1, 0.15) is 10.3 Å². The van der Waals surface area contributed by atoms with Crippen LogP contribution < -0.4 is 5.32 Å². The second kappa shape index (κ2) is 6.35. The Bertz CT molecular complexity index is 848. The van der Waals surface area contributed by atoms with Gasteiger partial charge < -0.3 is 5.32 Å². The Hall–Kier alpha value is -1.22. The molecule has 0 aliphatic carbocycles. The van der Waals surface area contributed by atoms with Gasteiger partial charge in [0.2, 0.25) is 5.91 Å². The molecule has 0 radical (unpaired) electrons. The van der Waals surface area contributed by atoms with Crippen molar-refractivity contribution in [2.45, 2.75) is 17.2 Å². The zero-order chi connectivity index (χ0) is 16.6. The van der Waals surface area contributed by atoms with Gasteiger partial charge in [-0.05, 0) is 40.5 Å². The summed E-state index contributed by atoms with van der Waals surface area (Å²) in [6.07, 6.45) is 0. The van der Waals surface area contributed by atoms with E-state index in [1.54, 1.807) is 18.2 Å². The average Bonchev–Trinajstić information content (AvgIpc) is 2.94. The monoisotopic (exact) mass is 414 g/mol. The lowest BCUT2D eigenvalue weighted by atomic mass is 10.0. The molecule has 0 bridgehead atoms. The Morgan fingerprint density at radius 3 is 2.74 bits per heavy atom. The summed E-state index contributed by atoms with van der Waals surface area (Å²) in [4.78, 5) is 12.4. The minimum Gasteiger partial charge on any atom is -0.353 e. The molecule has 2 heterocycles. The number of halogens is 1. The molecule has 1 N–H and O–H groups in total. The first-order valence-electron chi connectivity index (χ1n) is 7.01. The minimum atomic E-state index is -3.72. The highest BCUT2D eigenvalue weighted by Crippen LogP contribution is 2.34. The first kappa shape index (κ1) is 16.6. The first-order chi connectivity index (χ1) is 10.9. The van der Waals surface area contributed by atoms with Crippen molar-refractivity contribution in [1.29, 1.82) is 0 Å². The Kier molecular flexibility index (Phi) is 4.59. The zero-order valence-corrected chi connectivity index (χ0v) is 15.5. The number of aryl methyl sites for hydroxylation is 1. The molecule has 5 nitrogen and oxygen atoms in total. The second-order valence-corrected chi connectivity index (χ2v) is 9.86. The lowest BCUT2D eigenvalue weighted by Gasteiger charge is -2.34.